The molecule has 1 N–H and O–H groups in total. The van der Waals surface area contributed by atoms with Gasteiger partial charge in [0, 0.05) is 17.5 Å². The van der Waals surface area contributed by atoms with Crippen molar-refractivity contribution in [2.75, 3.05) is 6.54 Å². The predicted octanol–water partition coefficient (Wildman–Crippen LogP) is 4.85. The average molecular weight is 318 g/mol. The third-order valence-corrected chi connectivity index (χ3v) is 4.14. The minimum Gasteiger partial charge on any atom is -0.463 e. The molecule has 0 fully saturated rings. The second-order valence-electron chi connectivity index (χ2n) is 4.73. The standard InChI is InChI=1S/C16H16BrNO/c1-2-7-18-9-12-10-19-16-14(12)8-11-5-3-4-6-13(11)15(16)17/h3-6,8,10,18H,2,7,9H2,1H3. The number of hydrogen-bond donors (Lipinski definition) is 1. The summed E-state index contributed by atoms with van der Waals surface area (Å²) < 4.78 is 6.78. The van der Waals surface area contributed by atoms with Crippen LogP contribution in [0.15, 0.2) is 45.5 Å². The van der Waals surface area contributed by atoms with Gasteiger partial charge >= 0.3 is 0 Å². The third-order valence-electron chi connectivity index (χ3n) is 3.35. The third kappa shape index (κ3) is 2.28. The quantitative estimate of drug-likeness (QED) is 0.696. The van der Waals surface area contributed by atoms with Crippen molar-refractivity contribution in [2.45, 2.75) is 19.9 Å². The maximum atomic E-state index is 5.73. The molecule has 2 nitrogen and oxygen atoms in total. The topological polar surface area (TPSA) is 25.2 Å². The van der Waals surface area contributed by atoms with Crippen molar-refractivity contribution in [1.82, 2.24) is 5.32 Å². The highest BCUT2D eigenvalue weighted by Crippen LogP contribution is 2.35. The number of benzene rings is 2. The monoisotopic (exact) mass is 317 g/mol. The van der Waals surface area contributed by atoms with Gasteiger partial charge in [-0.2, -0.15) is 0 Å². The molecule has 98 valence electrons. The Morgan fingerprint density at radius 2 is 2.05 bits per heavy atom. The fourth-order valence-corrected chi connectivity index (χ4v) is 3.04. The summed E-state index contributed by atoms with van der Waals surface area (Å²) >= 11 is 3.66. The van der Waals surface area contributed by atoms with Gasteiger partial charge in [0.2, 0.25) is 0 Å². The lowest BCUT2D eigenvalue weighted by Gasteiger charge is -2.04. The SMILES string of the molecule is CCCNCc1coc2c(Br)c3ccccc3cc12. The van der Waals surface area contributed by atoms with Crippen LogP contribution in [-0.4, -0.2) is 6.54 Å². The Morgan fingerprint density at radius 1 is 1.21 bits per heavy atom. The van der Waals surface area contributed by atoms with Gasteiger partial charge < -0.3 is 9.73 Å². The van der Waals surface area contributed by atoms with E-state index < -0.39 is 0 Å². The summed E-state index contributed by atoms with van der Waals surface area (Å²) in [7, 11) is 0. The lowest BCUT2D eigenvalue weighted by molar-refractivity contribution is 0.600. The number of nitrogens with one attached hydrogen (secondary N) is 1. The molecule has 3 rings (SSSR count). The lowest BCUT2D eigenvalue weighted by Crippen LogP contribution is -2.13. The van der Waals surface area contributed by atoms with Crippen LogP contribution >= 0.6 is 15.9 Å². The van der Waals surface area contributed by atoms with Crippen molar-refractivity contribution in [3.63, 3.8) is 0 Å². The lowest BCUT2D eigenvalue weighted by atomic mass is 10.1. The molecule has 19 heavy (non-hydrogen) atoms. The molecule has 0 aliphatic rings. The largest absolute Gasteiger partial charge is 0.463 e. The van der Waals surface area contributed by atoms with E-state index in [0.29, 0.717) is 0 Å². The molecule has 1 aromatic heterocycles. The minimum absolute atomic E-state index is 0.853. The molecular weight excluding hydrogens is 302 g/mol. The normalized spacial score (nSPS) is 11.5. The molecular formula is C16H16BrNO. The van der Waals surface area contributed by atoms with Crippen molar-refractivity contribution >= 4 is 37.7 Å². The number of hydrogen-bond acceptors (Lipinski definition) is 2. The summed E-state index contributed by atoms with van der Waals surface area (Å²) in [5.41, 5.74) is 2.15. The summed E-state index contributed by atoms with van der Waals surface area (Å²) in [6.07, 6.45) is 3.00. The van der Waals surface area contributed by atoms with Crippen LogP contribution in [0.5, 0.6) is 0 Å². The van der Waals surface area contributed by atoms with Crippen LogP contribution in [0.4, 0.5) is 0 Å². The zero-order chi connectivity index (χ0) is 13.2. The molecule has 0 aliphatic heterocycles. The van der Waals surface area contributed by atoms with Gasteiger partial charge in [-0.3, -0.25) is 0 Å². The molecule has 0 amide bonds. The second kappa shape index (κ2) is 5.35. The van der Waals surface area contributed by atoms with E-state index >= 15 is 0 Å². The molecule has 0 bridgehead atoms. The van der Waals surface area contributed by atoms with E-state index in [-0.39, 0.29) is 0 Å². The zero-order valence-electron chi connectivity index (χ0n) is 10.9. The van der Waals surface area contributed by atoms with Gasteiger partial charge in [-0.1, -0.05) is 31.2 Å². The first-order valence-corrected chi connectivity index (χ1v) is 7.38. The van der Waals surface area contributed by atoms with Crippen LogP contribution in [-0.2, 0) is 6.54 Å². The van der Waals surface area contributed by atoms with Crippen LogP contribution in [0.3, 0.4) is 0 Å². The van der Waals surface area contributed by atoms with E-state index in [0.717, 1.165) is 29.6 Å². The van der Waals surface area contributed by atoms with E-state index in [1.807, 2.05) is 12.3 Å². The van der Waals surface area contributed by atoms with E-state index in [1.54, 1.807) is 0 Å². The first-order valence-electron chi connectivity index (χ1n) is 6.59. The molecule has 2 aromatic carbocycles. The molecule has 3 aromatic rings. The number of halogens is 1. The summed E-state index contributed by atoms with van der Waals surface area (Å²) in [6, 6.07) is 10.6. The molecule has 0 aliphatic carbocycles. The molecule has 0 saturated heterocycles. The van der Waals surface area contributed by atoms with Crippen LogP contribution < -0.4 is 5.32 Å². The molecule has 3 heteroatoms. The molecule has 0 radical (unpaired) electrons. The smallest absolute Gasteiger partial charge is 0.149 e. The van der Waals surface area contributed by atoms with Gasteiger partial charge in [0.25, 0.3) is 0 Å². The van der Waals surface area contributed by atoms with Crippen LogP contribution in [0.1, 0.15) is 18.9 Å². The Morgan fingerprint density at radius 3 is 2.89 bits per heavy atom. The molecule has 0 spiro atoms. The summed E-state index contributed by atoms with van der Waals surface area (Å²) in [5, 5.41) is 7.04. The van der Waals surface area contributed by atoms with Gasteiger partial charge in [-0.15, -0.1) is 0 Å². The highest BCUT2D eigenvalue weighted by molar-refractivity contribution is 9.10. The number of rotatable bonds is 4. The van der Waals surface area contributed by atoms with Crippen LogP contribution in [0.25, 0.3) is 21.7 Å². The maximum absolute atomic E-state index is 5.73. The summed E-state index contributed by atoms with van der Waals surface area (Å²) in [6.45, 7) is 4.05. The Balaban J connectivity index is 2.12. The fourth-order valence-electron chi connectivity index (χ4n) is 2.37. The molecule has 1 heterocycles. The first-order chi connectivity index (χ1) is 9.31. The Bertz CT molecular complexity index is 717. The van der Waals surface area contributed by atoms with E-state index in [2.05, 4.69) is 52.4 Å². The minimum atomic E-state index is 0.853. The highest BCUT2D eigenvalue weighted by atomic mass is 79.9. The highest BCUT2D eigenvalue weighted by Gasteiger charge is 2.11. The molecule has 0 atom stereocenters. The van der Waals surface area contributed by atoms with Crippen LogP contribution in [0, 0.1) is 0 Å². The number of fused-ring (bicyclic) bond motifs is 2. The van der Waals surface area contributed by atoms with Crippen molar-refractivity contribution in [1.29, 1.82) is 0 Å². The second-order valence-corrected chi connectivity index (χ2v) is 5.52. The molecule has 0 saturated carbocycles. The summed E-state index contributed by atoms with van der Waals surface area (Å²) in [5.74, 6) is 0. The zero-order valence-corrected chi connectivity index (χ0v) is 12.5. The fraction of sp³-hybridized carbons (Fsp3) is 0.250. The average Bonchev–Trinajstić information content (AvgIpc) is 2.83. The van der Waals surface area contributed by atoms with Crippen molar-refractivity contribution in [3.8, 4) is 0 Å². The Hall–Kier alpha value is -1.32. The van der Waals surface area contributed by atoms with Gasteiger partial charge in [0.1, 0.15) is 5.58 Å². The Labute approximate surface area is 120 Å². The van der Waals surface area contributed by atoms with Gasteiger partial charge in [0.15, 0.2) is 0 Å². The van der Waals surface area contributed by atoms with Crippen molar-refractivity contribution in [2.24, 2.45) is 0 Å². The van der Waals surface area contributed by atoms with Gasteiger partial charge in [-0.05, 0) is 45.7 Å². The first kappa shape index (κ1) is 12.7. The van der Waals surface area contributed by atoms with Crippen molar-refractivity contribution in [3.05, 3.63) is 46.6 Å². The van der Waals surface area contributed by atoms with Gasteiger partial charge in [-0.25, -0.2) is 0 Å². The van der Waals surface area contributed by atoms with Crippen LogP contribution in [0.2, 0.25) is 0 Å². The predicted molar refractivity (Wildman–Crippen MR) is 83.4 cm³/mol. The van der Waals surface area contributed by atoms with E-state index in [9.17, 15) is 0 Å². The van der Waals surface area contributed by atoms with E-state index in [4.69, 9.17) is 4.42 Å². The number of furan rings is 1. The summed E-state index contributed by atoms with van der Waals surface area (Å²) in [4.78, 5) is 0. The van der Waals surface area contributed by atoms with Gasteiger partial charge in [0.05, 0.1) is 10.7 Å². The molecule has 0 unspecified atom stereocenters. The van der Waals surface area contributed by atoms with Crippen molar-refractivity contribution < 1.29 is 4.42 Å². The maximum Gasteiger partial charge on any atom is 0.149 e. The van der Waals surface area contributed by atoms with E-state index in [1.165, 1.54) is 21.7 Å². The Kier molecular flexibility index (Phi) is 3.58.